The van der Waals surface area contributed by atoms with Crippen molar-refractivity contribution >= 4 is 29.4 Å². The molecule has 1 heterocycles. The van der Waals surface area contributed by atoms with Gasteiger partial charge in [-0.05, 0) is 86.7 Å². The normalized spacial score (nSPS) is 14.3. The maximum Gasteiger partial charge on any atom is 0.453 e. The number of amides is 2. The second-order valence-electron chi connectivity index (χ2n) is 11.9. The fourth-order valence-electron chi connectivity index (χ4n) is 5.43. The first-order valence-electron chi connectivity index (χ1n) is 15.8. The molecule has 1 N–H and O–H groups in total. The highest BCUT2D eigenvalue weighted by Crippen LogP contribution is 2.28. The Balaban J connectivity index is 1.34. The third-order valence-electron chi connectivity index (χ3n) is 7.94. The average Bonchev–Trinajstić information content (AvgIpc) is 3.34. The topological polar surface area (TPSA) is 142 Å². The number of methoxy groups -OCH3 is 2. The largest absolute Gasteiger partial charge is 0.467 e. The lowest BCUT2D eigenvalue weighted by Gasteiger charge is -2.24. The van der Waals surface area contributed by atoms with E-state index in [-0.39, 0.29) is 43.4 Å². The predicted octanol–water partition coefficient (Wildman–Crippen LogP) is 5.06. The van der Waals surface area contributed by atoms with Crippen molar-refractivity contribution in [3.63, 3.8) is 0 Å². The van der Waals surface area contributed by atoms with Gasteiger partial charge < -0.3 is 34.1 Å². The Morgan fingerprint density at radius 1 is 0.816 bits per heavy atom. The lowest BCUT2D eigenvalue weighted by Crippen LogP contribution is -2.45. The van der Waals surface area contributed by atoms with E-state index in [9.17, 15) is 19.2 Å². The summed E-state index contributed by atoms with van der Waals surface area (Å²) in [6.45, 7) is 4.33. The Morgan fingerprint density at radius 3 is 2.12 bits per heavy atom. The average molecular weight is 678 g/mol. The Hall–Kier alpha value is -5.14. The molecular weight excluding hydrogens is 634 g/mol. The number of ether oxygens (including phenoxy) is 4. The molecule has 1 unspecified atom stereocenters. The number of ketones is 1. The lowest BCUT2D eigenvalue weighted by molar-refractivity contribution is -0.192. The van der Waals surface area contributed by atoms with Crippen LogP contribution in [0.1, 0.15) is 67.0 Å². The fraction of sp³-hybridized carbons (Fsp3) is 0.389. The van der Waals surface area contributed by atoms with Crippen LogP contribution < -0.4 is 19.7 Å². The predicted molar refractivity (Wildman–Crippen MR) is 180 cm³/mol. The highest BCUT2D eigenvalue weighted by atomic mass is 17.2. The first-order valence-corrected chi connectivity index (χ1v) is 15.8. The van der Waals surface area contributed by atoms with Crippen molar-refractivity contribution in [2.75, 3.05) is 59.9 Å². The van der Waals surface area contributed by atoms with Crippen LogP contribution in [0.25, 0.3) is 0 Å². The van der Waals surface area contributed by atoms with Crippen molar-refractivity contribution in [1.29, 1.82) is 0 Å². The molecule has 1 aliphatic rings. The molecule has 13 nitrogen and oxygen atoms in total. The Kier molecular flexibility index (Phi) is 13.0. The van der Waals surface area contributed by atoms with Crippen molar-refractivity contribution in [1.82, 2.24) is 10.2 Å². The molecule has 2 amide bonds. The zero-order valence-electron chi connectivity index (χ0n) is 28.7. The number of aryl methyl sites for hydroxylation is 2. The number of carbonyl (C=O) groups is 4. The molecule has 0 spiro atoms. The molecule has 49 heavy (non-hydrogen) atoms. The molecule has 0 saturated carbocycles. The summed E-state index contributed by atoms with van der Waals surface area (Å²) in [5, 5.41) is 3.01. The van der Waals surface area contributed by atoms with Crippen molar-refractivity contribution in [2.45, 2.75) is 39.2 Å². The van der Waals surface area contributed by atoms with E-state index in [0.29, 0.717) is 47.6 Å². The van der Waals surface area contributed by atoms with E-state index in [1.54, 1.807) is 24.3 Å². The van der Waals surface area contributed by atoms with E-state index in [0.717, 1.165) is 23.2 Å². The fourth-order valence-corrected chi connectivity index (χ4v) is 5.43. The van der Waals surface area contributed by atoms with Crippen molar-refractivity contribution in [2.24, 2.45) is 0 Å². The third kappa shape index (κ3) is 9.71. The number of hydrogen-bond donors (Lipinski definition) is 1. The van der Waals surface area contributed by atoms with Crippen LogP contribution in [0.3, 0.4) is 0 Å². The summed E-state index contributed by atoms with van der Waals surface area (Å²) in [7, 11) is 6.74. The van der Waals surface area contributed by atoms with Crippen molar-refractivity contribution < 1.29 is 47.9 Å². The van der Waals surface area contributed by atoms with Crippen LogP contribution in [-0.4, -0.2) is 89.7 Å². The number of rotatable bonds is 12. The van der Waals surface area contributed by atoms with E-state index < -0.39 is 12.1 Å². The monoisotopic (exact) mass is 677 g/mol. The van der Waals surface area contributed by atoms with Crippen molar-refractivity contribution in [3.05, 3.63) is 88.0 Å². The quantitative estimate of drug-likeness (QED) is 0.119. The highest BCUT2D eigenvalue weighted by molar-refractivity contribution is 6.11. The van der Waals surface area contributed by atoms with Crippen LogP contribution in [0, 0.1) is 13.8 Å². The van der Waals surface area contributed by atoms with Gasteiger partial charge in [0.15, 0.2) is 19.4 Å². The summed E-state index contributed by atoms with van der Waals surface area (Å²) < 4.78 is 21.2. The van der Waals surface area contributed by atoms with E-state index in [4.69, 9.17) is 28.7 Å². The minimum absolute atomic E-state index is 0.0299. The minimum atomic E-state index is -0.908. The van der Waals surface area contributed by atoms with Gasteiger partial charge in [0.2, 0.25) is 0 Å². The molecule has 1 atom stereocenters. The molecule has 1 aliphatic heterocycles. The molecule has 4 rings (SSSR count). The zero-order chi connectivity index (χ0) is 35.5. The van der Waals surface area contributed by atoms with Crippen LogP contribution >= 0.6 is 0 Å². The zero-order valence-corrected chi connectivity index (χ0v) is 28.7. The number of benzene rings is 3. The molecule has 0 aromatic heterocycles. The first kappa shape index (κ1) is 36.7. The molecule has 0 aliphatic carbocycles. The summed E-state index contributed by atoms with van der Waals surface area (Å²) in [5.74, 6) is -0.483. The smallest absolute Gasteiger partial charge is 0.453 e. The van der Waals surface area contributed by atoms with Crippen LogP contribution in [0.2, 0.25) is 0 Å². The second-order valence-corrected chi connectivity index (χ2v) is 11.9. The van der Waals surface area contributed by atoms with E-state index >= 15 is 0 Å². The van der Waals surface area contributed by atoms with Gasteiger partial charge in [0.25, 0.3) is 5.91 Å². The number of nitrogens with one attached hydrogen (secondary N) is 1. The van der Waals surface area contributed by atoms with Gasteiger partial charge in [-0.3, -0.25) is 9.59 Å². The Labute approximate surface area is 285 Å². The molecule has 0 bridgehead atoms. The summed E-state index contributed by atoms with van der Waals surface area (Å²) >= 11 is 0. The molecule has 1 fully saturated rings. The standard InChI is InChI=1S/C36H43N3O10/c1-23-17-27(18-24(2)33(23)47-22-45-6)34(41)37-28-9-7-8-16-39(20-28)36(43)49-48-35(42)26-12-10-25(11-13-26)32(40)30-19-29(38(3)4)14-15-31(30)46-21-44-5/h10-15,17-19,28H,7-9,16,20-22H2,1-6H3,(H,37,41). The van der Waals surface area contributed by atoms with Gasteiger partial charge in [-0.25, -0.2) is 19.4 Å². The van der Waals surface area contributed by atoms with Gasteiger partial charge in [-0.1, -0.05) is 12.1 Å². The molecule has 3 aromatic carbocycles. The van der Waals surface area contributed by atoms with Gasteiger partial charge in [0.05, 0.1) is 11.1 Å². The lowest BCUT2D eigenvalue weighted by atomic mass is 10.0. The van der Waals surface area contributed by atoms with E-state index in [2.05, 4.69) is 5.32 Å². The number of hydrogen-bond acceptors (Lipinski definition) is 11. The molecule has 13 heteroatoms. The van der Waals surface area contributed by atoms with Crippen LogP contribution in [0.5, 0.6) is 11.5 Å². The number of likely N-dealkylation sites (tertiary alicyclic amines) is 1. The molecule has 1 saturated heterocycles. The minimum Gasteiger partial charge on any atom is -0.467 e. The van der Waals surface area contributed by atoms with Gasteiger partial charge in [-0.15, -0.1) is 0 Å². The number of nitrogens with zero attached hydrogens (tertiary/aromatic N) is 2. The number of anilines is 1. The molecular formula is C36H43N3O10. The van der Waals surface area contributed by atoms with Crippen molar-refractivity contribution in [3.8, 4) is 11.5 Å². The van der Waals surface area contributed by atoms with Crippen LogP contribution in [0.15, 0.2) is 54.6 Å². The highest BCUT2D eigenvalue weighted by Gasteiger charge is 2.27. The summed E-state index contributed by atoms with van der Waals surface area (Å²) in [5.41, 5.74) is 3.59. The van der Waals surface area contributed by atoms with E-state index in [1.807, 2.05) is 38.9 Å². The van der Waals surface area contributed by atoms with Crippen LogP contribution in [0.4, 0.5) is 10.5 Å². The third-order valence-corrected chi connectivity index (χ3v) is 7.94. The van der Waals surface area contributed by atoms with Gasteiger partial charge in [0, 0.05) is 64.3 Å². The summed E-state index contributed by atoms with van der Waals surface area (Å²) in [6.07, 6.45) is 1.27. The van der Waals surface area contributed by atoms with Gasteiger partial charge in [0.1, 0.15) is 11.5 Å². The first-order chi connectivity index (χ1) is 23.5. The maximum atomic E-state index is 13.4. The summed E-state index contributed by atoms with van der Waals surface area (Å²) in [4.78, 5) is 65.2. The van der Waals surface area contributed by atoms with Gasteiger partial charge in [-0.2, -0.15) is 0 Å². The Bertz CT molecular complexity index is 1620. The molecule has 0 radical (unpaired) electrons. The second kappa shape index (κ2) is 17.3. The molecule has 262 valence electrons. The van der Waals surface area contributed by atoms with E-state index in [1.165, 1.54) is 43.4 Å². The van der Waals surface area contributed by atoms with Crippen LogP contribution in [-0.2, 0) is 19.2 Å². The maximum absolute atomic E-state index is 13.4. The number of carbonyl (C=O) groups excluding carboxylic acids is 4. The SMILES string of the molecule is COCOc1ccc(N(C)C)cc1C(=O)c1ccc(C(=O)OOC(=O)N2CCCCC(NC(=O)c3cc(C)c(OCOC)c(C)c3)C2)cc1. The van der Waals surface area contributed by atoms with Gasteiger partial charge >= 0.3 is 12.1 Å². The molecule has 3 aromatic rings. The summed E-state index contributed by atoms with van der Waals surface area (Å²) in [6, 6.07) is 14.2. The Morgan fingerprint density at radius 2 is 1.47 bits per heavy atom.